The van der Waals surface area contributed by atoms with Crippen LogP contribution in [0.25, 0.3) is 10.9 Å². The first-order chi connectivity index (χ1) is 7.63. The van der Waals surface area contributed by atoms with Crippen molar-refractivity contribution in [1.82, 2.24) is 9.97 Å². The predicted octanol–water partition coefficient (Wildman–Crippen LogP) is 2.09. The molecule has 16 heavy (non-hydrogen) atoms. The number of aromatic amines is 1. The molecule has 0 bridgehead atoms. The molecule has 4 nitrogen and oxygen atoms in total. The Hall–Kier alpha value is -1.84. The van der Waals surface area contributed by atoms with Crippen molar-refractivity contribution in [3.63, 3.8) is 0 Å². The third kappa shape index (κ3) is 1.66. The molecule has 0 spiro atoms. The molecule has 2 aromatic rings. The summed E-state index contributed by atoms with van der Waals surface area (Å²) in [6.07, 6.45) is 1.63. The second-order valence-electron chi connectivity index (χ2n) is 4.07. The predicted molar refractivity (Wildman–Crippen MR) is 66.0 cm³/mol. The molecule has 0 aliphatic heterocycles. The van der Waals surface area contributed by atoms with Gasteiger partial charge in [-0.05, 0) is 23.6 Å². The van der Waals surface area contributed by atoms with E-state index in [-0.39, 0.29) is 5.56 Å². The van der Waals surface area contributed by atoms with Crippen LogP contribution in [0.2, 0.25) is 0 Å². The topological polar surface area (TPSA) is 57.8 Å². The molecule has 84 valence electrons. The zero-order valence-corrected chi connectivity index (χ0v) is 9.66. The highest BCUT2D eigenvalue weighted by atomic mass is 16.1. The lowest BCUT2D eigenvalue weighted by Gasteiger charge is -2.11. The molecular weight excluding hydrogens is 202 g/mol. The average molecular weight is 217 g/mol. The lowest BCUT2D eigenvalue weighted by Crippen LogP contribution is -2.10. The van der Waals surface area contributed by atoms with Gasteiger partial charge in [0.2, 0.25) is 0 Å². The Morgan fingerprint density at radius 3 is 2.81 bits per heavy atom. The lowest BCUT2D eigenvalue weighted by atomic mass is 10.00. The van der Waals surface area contributed by atoms with Crippen LogP contribution in [0.3, 0.4) is 0 Å². The van der Waals surface area contributed by atoms with E-state index in [2.05, 4.69) is 29.1 Å². The molecule has 0 aliphatic carbocycles. The number of rotatable bonds is 2. The minimum atomic E-state index is -0.0728. The molecule has 0 saturated heterocycles. The van der Waals surface area contributed by atoms with Gasteiger partial charge in [-0.25, -0.2) is 4.98 Å². The van der Waals surface area contributed by atoms with Crippen LogP contribution in [0.1, 0.15) is 25.3 Å². The van der Waals surface area contributed by atoms with E-state index >= 15 is 0 Å². The number of nitrogens with zero attached hydrogens (tertiary/aromatic N) is 1. The summed E-state index contributed by atoms with van der Waals surface area (Å²) in [4.78, 5) is 18.8. The third-order valence-electron chi connectivity index (χ3n) is 2.64. The maximum absolute atomic E-state index is 11.8. The van der Waals surface area contributed by atoms with Gasteiger partial charge < -0.3 is 10.3 Å². The standard InChI is InChI=1S/C12H15N3O/c1-7(2)8-6-10(13-3)15-9-4-5-14-12(16)11(8)9/h4-7H,1-3H3,(H,13,15)(H,14,16). The molecule has 0 amide bonds. The number of nitrogens with one attached hydrogen (secondary N) is 2. The zero-order chi connectivity index (χ0) is 11.7. The van der Waals surface area contributed by atoms with Gasteiger partial charge in [0.1, 0.15) is 5.82 Å². The van der Waals surface area contributed by atoms with Crippen molar-refractivity contribution in [3.05, 3.63) is 34.2 Å². The van der Waals surface area contributed by atoms with Crippen molar-refractivity contribution in [2.75, 3.05) is 12.4 Å². The second-order valence-corrected chi connectivity index (χ2v) is 4.07. The van der Waals surface area contributed by atoms with Crippen molar-refractivity contribution < 1.29 is 0 Å². The fourth-order valence-corrected chi connectivity index (χ4v) is 1.81. The van der Waals surface area contributed by atoms with Gasteiger partial charge in [0.15, 0.2) is 0 Å². The Morgan fingerprint density at radius 1 is 1.44 bits per heavy atom. The number of H-pyrrole nitrogens is 1. The van der Waals surface area contributed by atoms with Crippen LogP contribution in [0.5, 0.6) is 0 Å². The van der Waals surface area contributed by atoms with Crippen LogP contribution in [0, 0.1) is 0 Å². The summed E-state index contributed by atoms with van der Waals surface area (Å²) >= 11 is 0. The molecule has 4 heteroatoms. The van der Waals surface area contributed by atoms with Gasteiger partial charge >= 0.3 is 0 Å². The molecule has 0 saturated carbocycles. The largest absolute Gasteiger partial charge is 0.373 e. The van der Waals surface area contributed by atoms with Gasteiger partial charge in [0.25, 0.3) is 5.56 Å². The normalized spacial score (nSPS) is 11.0. The highest BCUT2D eigenvalue weighted by molar-refractivity contribution is 5.83. The van der Waals surface area contributed by atoms with E-state index in [9.17, 15) is 4.79 Å². The van der Waals surface area contributed by atoms with Crippen molar-refractivity contribution in [1.29, 1.82) is 0 Å². The molecule has 0 radical (unpaired) electrons. The van der Waals surface area contributed by atoms with Crippen molar-refractivity contribution >= 4 is 16.7 Å². The molecule has 2 N–H and O–H groups in total. The number of anilines is 1. The second kappa shape index (κ2) is 3.96. The smallest absolute Gasteiger partial charge is 0.257 e. The van der Waals surface area contributed by atoms with Gasteiger partial charge in [-0.15, -0.1) is 0 Å². The first-order valence-electron chi connectivity index (χ1n) is 5.33. The molecule has 2 rings (SSSR count). The first-order valence-corrected chi connectivity index (χ1v) is 5.33. The highest BCUT2D eigenvalue weighted by Gasteiger charge is 2.11. The minimum absolute atomic E-state index is 0.0728. The van der Waals surface area contributed by atoms with Crippen LogP contribution in [0.4, 0.5) is 5.82 Å². The summed E-state index contributed by atoms with van der Waals surface area (Å²) in [5.41, 5.74) is 1.69. The number of hydrogen-bond acceptors (Lipinski definition) is 3. The Bertz CT molecular complexity index is 572. The average Bonchev–Trinajstić information content (AvgIpc) is 2.27. The van der Waals surface area contributed by atoms with Crippen LogP contribution >= 0.6 is 0 Å². The fourth-order valence-electron chi connectivity index (χ4n) is 1.81. The molecular formula is C12H15N3O. The summed E-state index contributed by atoms with van der Waals surface area (Å²) in [5.74, 6) is 1.09. The summed E-state index contributed by atoms with van der Waals surface area (Å²) in [6.45, 7) is 4.14. The van der Waals surface area contributed by atoms with Crippen LogP contribution in [0.15, 0.2) is 23.1 Å². The molecule has 2 heterocycles. The first kappa shape index (κ1) is 10.7. The highest BCUT2D eigenvalue weighted by Crippen LogP contribution is 2.23. The summed E-state index contributed by atoms with van der Waals surface area (Å²) < 4.78 is 0. The van der Waals surface area contributed by atoms with Crippen molar-refractivity contribution in [2.45, 2.75) is 19.8 Å². The molecule has 0 aromatic carbocycles. The quantitative estimate of drug-likeness (QED) is 0.809. The molecule has 2 aromatic heterocycles. The van der Waals surface area contributed by atoms with Gasteiger partial charge in [0, 0.05) is 13.2 Å². The van der Waals surface area contributed by atoms with Gasteiger partial charge in [0.05, 0.1) is 10.9 Å². The van der Waals surface area contributed by atoms with E-state index in [0.29, 0.717) is 11.3 Å². The van der Waals surface area contributed by atoms with Gasteiger partial charge in [-0.1, -0.05) is 13.8 Å². The van der Waals surface area contributed by atoms with Gasteiger partial charge in [-0.2, -0.15) is 0 Å². The van der Waals surface area contributed by atoms with Gasteiger partial charge in [-0.3, -0.25) is 4.79 Å². The van der Waals surface area contributed by atoms with Crippen LogP contribution in [-0.4, -0.2) is 17.0 Å². The Labute approximate surface area is 93.7 Å². The van der Waals surface area contributed by atoms with Crippen molar-refractivity contribution in [2.24, 2.45) is 0 Å². The SMILES string of the molecule is CNc1cc(C(C)C)c2c(=O)[nH]ccc2n1. The van der Waals surface area contributed by atoms with Crippen LogP contribution < -0.4 is 10.9 Å². The number of hydrogen-bond donors (Lipinski definition) is 2. The Morgan fingerprint density at radius 2 is 2.19 bits per heavy atom. The fraction of sp³-hybridized carbons (Fsp3) is 0.333. The third-order valence-corrected chi connectivity index (χ3v) is 2.64. The Balaban J connectivity index is 2.88. The lowest BCUT2D eigenvalue weighted by molar-refractivity contribution is 0.872. The number of aromatic nitrogens is 2. The van der Waals surface area contributed by atoms with Crippen LogP contribution in [-0.2, 0) is 0 Å². The van der Waals surface area contributed by atoms with E-state index in [0.717, 1.165) is 16.9 Å². The molecule has 0 unspecified atom stereocenters. The summed E-state index contributed by atoms with van der Waals surface area (Å²) in [6, 6.07) is 3.76. The summed E-state index contributed by atoms with van der Waals surface area (Å²) in [5, 5.41) is 3.70. The summed E-state index contributed by atoms with van der Waals surface area (Å²) in [7, 11) is 1.82. The van der Waals surface area contributed by atoms with E-state index in [1.165, 1.54) is 0 Å². The minimum Gasteiger partial charge on any atom is -0.373 e. The number of pyridine rings is 2. The molecule has 0 aliphatic rings. The van der Waals surface area contributed by atoms with Crippen molar-refractivity contribution in [3.8, 4) is 0 Å². The monoisotopic (exact) mass is 217 g/mol. The maximum Gasteiger partial charge on any atom is 0.257 e. The Kier molecular flexibility index (Phi) is 2.64. The molecule has 0 atom stereocenters. The zero-order valence-electron chi connectivity index (χ0n) is 9.66. The van der Waals surface area contributed by atoms with E-state index in [1.807, 2.05) is 19.2 Å². The van der Waals surface area contributed by atoms with E-state index in [4.69, 9.17) is 0 Å². The number of fused-ring (bicyclic) bond motifs is 1. The van der Waals surface area contributed by atoms with E-state index in [1.54, 1.807) is 6.20 Å². The molecule has 0 fully saturated rings. The maximum atomic E-state index is 11.8. The van der Waals surface area contributed by atoms with E-state index < -0.39 is 0 Å².